The first-order valence-corrected chi connectivity index (χ1v) is 18.8. The molecule has 0 spiro atoms. The van der Waals surface area contributed by atoms with Crippen LogP contribution in [0.15, 0.2) is 0 Å². The molecule has 4 nitrogen and oxygen atoms in total. The molecule has 2 unspecified atom stereocenters. The summed E-state index contributed by atoms with van der Waals surface area (Å²) in [7, 11) is 0. The van der Waals surface area contributed by atoms with E-state index in [-0.39, 0.29) is 0 Å². The molecule has 0 saturated heterocycles. The van der Waals surface area contributed by atoms with Gasteiger partial charge in [0.1, 0.15) is 0 Å². The molecule has 0 aromatic heterocycles. The molecule has 0 heterocycles. The fourth-order valence-electron chi connectivity index (χ4n) is 5.48. The molecule has 0 radical (unpaired) electrons. The SMILES string of the molecule is CCC(C)CCCCCCCCCCCCCCC(=O)O.CCC(C)CCCCCCCCCCCCCCC(=O)O. The molecule has 0 fully saturated rings. The fourth-order valence-corrected chi connectivity index (χ4v) is 5.48. The highest BCUT2D eigenvalue weighted by Gasteiger charge is 2.00. The molecule has 0 amide bonds. The van der Waals surface area contributed by atoms with Crippen LogP contribution in [0.3, 0.4) is 0 Å². The van der Waals surface area contributed by atoms with Gasteiger partial charge in [0.15, 0.2) is 0 Å². The van der Waals surface area contributed by atoms with E-state index in [1.807, 2.05) is 0 Å². The van der Waals surface area contributed by atoms with E-state index in [0.717, 1.165) is 37.5 Å². The van der Waals surface area contributed by atoms with Crippen molar-refractivity contribution >= 4 is 11.9 Å². The van der Waals surface area contributed by atoms with Crippen molar-refractivity contribution in [1.29, 1.82) is 0 Å². The summed E-state index contributed by atoms with van der Waals surface area (Å²) in [6.45, 7) is 9.30. The van der Waals surface area contributed by atoms with E-state index >= 15 is 0 Å². The van der Waals surface area contributed by atoms with E-state index < -0.39 is 11.9 Å². The lowest BCUT2D eigenvalue weighted by molar-refractivity contribution is -0.138. The van der Waals surface area contributed by atoms with Crippen LogP contribution < -0.4 is 0 Å². The van der Waals surface area contributed by atoms with E-state index in [4.69, 9.17) is 10.2 Å². The number of unbranched alkanes of at least 4 members (excludes halogenated alkanes) is 22. The third-order valence-electron chi connectivity index (χ3n) is 9.07. The van der Waals surface area contributed by atoms with Crippen LogP contribution in [0.2, 0.25) is 0 Å². The van der Waals surface area contributed by atoms with Gasteiger partial charge in [0.2, 0.25) is 0 Å². The van der Waals surface area contributed by atoms with Crippen molar-refractivity contribution in [3.63, 3.8) is 0 Å². The van der Waals surface area contributed by atoms with E-state index in [0.29, 0.717) is 12.8 Å². The number of carboxylic acids is 2. The Balaban J connectivity index is 0. The van der Waals surface area contributed by atoms with Gasteiger partial charge in [-0.15, -0.1) is 0 Å². The van der Waals surface area contributed by atoms with Crippen LogP contribution in [0.5, 0.6) is 0 Å². The molecule has 42 heavy (non-hydrogen) atoms. The maximum absolute atomic E-state index is 10.3. The zero-order chi connectivity index (χ0) is 31.5. The van der Waals surface area contributed by atoms with Crippen molar-refractivity contribution in [1.82, 2.24) is 0 Å². The van der Waals surface area contributed by atoms with Gasteiger partial charge in [-0.3, -0.25) is 9.59 Å². The highest BCUT2D eigenvalue weighted by Crippen LogP contribution is 2.17. The van der Waals surface area contributed by atoms with Crippen molar-refractivity contribution < 1.29 is 19.8 Å². The highest BCUT2D eigenvalue weighted by atomic mass is 16.4. The third-order valence-corrected chi connectivity index (χ3v) is 9.07. The Kier molecular flexibility index (Phi) is 37.1. The molecule has 252 valence electrons. The summed E-state index contributed by atoms with van der Waals surface area (Å²) in [6.07, 6.45) is 37.4. The first-order chi connectivity index (χ1) is 20.3. The second-order valence-electron chi connectivity index (χ2n) is 13.4. The molecule has 0 rings (SSSR count). The molecule has 0 bridgehead atoms. The Labute approximate surface area is 263 Å². The predicted octanol–water partition coefficient (Wildman–Crippen LogP) is 13.2. The minimum absolute atomic E-state index is 0.344. The minimum atomic E-state index is -0.654. The van der Waals surface area contributed by atoms with Crippen molar-refractivity contribution in [2.24, 2.45) is 11.8 Å². The Bertz CT molecular complexity index is 499. The number of carboxylic acid groups (broad SMARTS) is 2. The van der Waals surface area contributed by atoms with Crippen LogP contribution in [0.1, 0.15) is 220 Å². The molecular formula is C38H76O4. The summed E-state index contributed by atoms with van der Waals surface area (Å²) in [5, 5.41) is 17.1. The summed E-state index contributed by atoms with van der Waals surface area (Å²) in [6, 6.07) is 0. The number of rotatable bonds is 32. The van der Waals surface area contributed by atoms with Crippen LogP contribution in [0.4, 0.5) is 0 Å². The normalized spacial score (nSPS) is 12.5. The maximum atomic E-state index is 10.3. The molecule has 0 aliphatic heterocycles. The molecule has 0 aliphatic rings. The average molecular weight is 597 g/mol. The average Bonchev–Trinajstić information content (AvgIpc) is 2.97. The van der Waals surface area contributed by atoms with Gasteiger partial charge in [-0.25, -0.2) is 0 Å². The Morgan fingerprint density at radius 1 is 0.381 bits per heavy atom. The summed E-state index contributed by atoms with van der Waals surface area (Å²) in [4.78, 5) is 20.7. The highest BCUT2D eigenvalue weighted by molar-refractivity contribution is 5.66. The van der Waals surface area contributed by atoms with Gasteiger partial charge in [0.05, 0.1) is 0 Å². The number of aliphatic carboxylic acids is 2. The number of hydrogen-bond donors (Lipinski definition) is 2. The van der Waals surface area contributed by atoms with Gasteiger partial charge in [0.25, 0.3) is 0 Å². The summed E-state index contributed by atoms with van der Waals surface area (Å²) >= 11 is 0. The van der Waals surface area contributed by atoms with E-state index in [2.05, 4.69) is 27.7 Å². The summed E-state index contributed by atoms with van der Waals surface area (Å²) < 4.78 is 0. The molecular weight excluding hydrogens is 520 g/mol. The topological polar surface area (TPSA) is 74.6 Å². The van der Waals surface area contributed by atoms with Gasteiger partial charge in [-0.2, -0.15) is 0 Å². The molecule has 2 N–H and O–H groups in total. The molecule has 0 aliphatic carbocycles. The minimum Gasteiger partial charge on any atom is -0.481 e. The van der Waals surface area contributed by atoms with Gasteiger partial charge in [-0.05, 0) is 24.7 Å². The van der Waals surface area contributed by atoms with E-state index in [9.17, 15) is 9.59 Å². The fraction of sp³-hybridized carbons (Fsp3) is 0.947. The smallest absolute Gasteiger partial charge is 0.303 e. The first-order valence-electron chi connectivity index (χ1n) is 18.8. The first kappa shape index (κ1) is 43.1. The number of hydrogen-bond acceptors (Lipinski definition) is 2. The molecule has 4 heteroatoms. The van der Waals surface area contributed by atoms with Gasteiger partial charge in [0, 0.05) is 12.8 Å². The van der Waals surface area contributed by atoms with Crippen LogP contribution in [0.25, 0.3) is 0 Å². The predicted molar refractivity (Wildman–Crippen MR) is 183 cm³/mol. The second kappa shape index (κ2) is 36.1. The van der Waals surface area contributed by atoms with Crippen LogP contribution in [-0.4, -0.2) is 22.2 Å². The molecule has 0 saturated carbocycles. The quantitative estimate of drug-likeness (QED) is 0.0757. The third kappa shape index (κ3) is 41.1. The lowest BCUT2D eigenvalue weighted by Crippen LogP contribution is -1.93. The van der Waals surface area contributed by atoms with Crippen molar-refractivity contribution in [3.8, 4) is 0 Å². The van der Waals surface area contributed by atoms with Gasteiger partial charge < -0.3 is 10.2 Å². The number of carbonyl (C=O) groups is 2. The molecule has 0 aromatic carbocycles. The largest absolute Gasteiger partial charge is 0.481 e. The molecule has 0 aromatic rings. The zero-order valence-electron chi connectivity index (χ0n) is 29.1. The standard InChI is InChI=1S/2C19H38O2/c2*1-3-18(2)16-14-12-10-8-6-4-5-7-9-11-13-15-17-19(20)21/h2*18H,3-17H2,1-2H3,(H,20,21). The van der Waals surface area contributed by atoms with Crippen LogP contribution in [0, 0.1) is 11.8 Å². The molecule has 2 atom stereocenters. The van der Waals surface area contributed by atoms with E-state index in [1.54, 1.807) is 0 Å². The van der Waals surface area contributed by atoms with Crippen molar-refractivity contribution in [3.05, 3.63) is 0 Å². The maximum Gasteiger partial charge on any atom is 0.303 e. The van der Waals surface area contributed by atoms with Gasteiger partial charge >= 0.3 is 11.9 Å². The summed E-state index contributed by atoms with van der Waals surface area (Å²) in [5.74, 6) is 0.527. The monoisotopic (exact) mass is 597 g/mol. The van der Waals surface area contributed by atoms with Gasteiger partial charge in [-0.1, -0.05) is 195 Å². The lowest BCUT2D eigenvalue weighted by atomic mass is 9.99. The Hall–Kier alpha value is -1.06. The Morgan fingerprint density at radius 3 is 0.762 bits per heavy atom. The van der Waals surface area contributed by atoms with E-state index in [1.165, 1.54) is 154 Å². The van der Waals surface area contributed by atoms with Crippen molar-refractivity contribution in [2.45, 2.75) is 220 Å². The summed E-state index contributed by atoms with van der Waals surface area (Å²) in [5.41, 5.74) is 0. The second-order valence-corrected chi connectivity index (χ2v) is 13.4. The zero-order valence-corrected chi connectivity index (χ0v) is 29.1. The lowest BCUT2D eigenvalue weighted by Gasteiger charge is -2.07. The Morgan fingerprint density at radius 2 is 0.571 bits per heavy atom. The van der Waals surface area contributed by atoms with Crippen LogP contribution >= 0.6 is 0 Å². The van der Waals surface area contributed by atoms with Crippen LogP contribution in [-0.2, 0) is 9.59 Å². The van der Waals surface area contributed by atoms with Crippen molar-refractivity contribution in [2.75, 3.05) is 0 Å².